The van der Waals surface area contributed by atoms with Crippen LogP contribution in [0.1, 0.15) is 58.1 Å². The minimum absolute atomic E-state index is 0.0141. The van der Waals surface area contributed by atoms with E-state index in [9.17, 15) is 0 Å². The standard InChI is InChI=1S/C31H36ClN2/c1-30(2)23-11-7-9-13-25(23)33(5)27(30)19-17-21-15-16-22(29(21)32)18-20-28-31(3,4)24-12-8-10-14-26(24)34(28)6/h7-14,17-19,28H,15-16,20H2,1-6H3/q+1. The monoisotopic (exact) mass is 471 g/mol. The number of fused-ring (bicyclic) bond motifs is 2. The van der Waals surface area contributed by atoms with E-state index >= 15 is 0 Å². The van der Waals surface area contributed by atoms with Gasteiger partial charge in [-0.1, -0.05) is 74.0 Å². The quantitative estimate of drug-likeness (QED) is 0.415. The average Bonchev–Trinajstić information content (AvgIpc) is 3.33. The Hall–Kier alpha value is -2.58. The van der Waals surface area contributed by atoms with Gasteiger partial charge in [-0.05, 0) is 55.9 Å². The fourth-order valence-electron chi connectivity index (χ4n) is 6.39. The molecule has 0 saturated heterocycles. The first-order chi connectivity index (χ1) is 16.1. The number of anilines is 1. The predicted molar refractivity (Wildman–Crippen MR) is 146 cm³/mol. The van der Waals surface area contributed by atoms with Crippen LogP contribution in [0.15, 0.2) is 82.9 Å². The lowest BCUT2D eigenvalue weighted by Crippen LogP contribution is -2.38. The minimum atomic E-state index is -0.0141. The van der Waals surface area contributed by atoms with Gasteiger partial charge < -0.3 is 4.90 Å². The number of para-hydroxylation sites is 2. The Balaban J connectivity index is 1.36. The van der Waals surface area contributed by atoms with Gasteiger partial charge in [-0.2, -0.15) is 4.58 Å². The predicted octanol–water partition coefficient (Wildman–Crippen LogP) is 7.65. The number of rotatable bonds is 4. The zero-order valence-electron chi connectivity index (χ0n) is 21.3. The molecular formula is C31H36ClN2+. The zero-order chi connectivity index (χ0) is 24.3. The number of hydrogen-bond acceptors (Lipinski definition) is 1. The van der Waals surface area contributed by atoms with Gasteiger partial charge in [0.2, 0.25) is 5.69 Å². The molecule has 176 valence electrons. The maximum Gasteiger partial charge on any atom is 0.209 e. The van der Waals surface area contributed by atoms with Gasteiger partial charge in [0.15, 0.2) is 5.71 Å². The van der Waals surface area contributed by atoms with Crippen LogP contribution < -0.4 is 4.90 Å². The van der Waals surface area contributed by atoms with Gasteiger partial charge in [0.1, 0.15) is 7.05 Å². The molecule has 1 atom stereocenters. The summed E-state index contributed by atoms with van der Waals surface area (Å²) < 4.78 is 2.32. The van der Waals surface area contributed by atoms with Gasteiger partial charge in [-0.25, -0.2) is 0 Å². The van der Waals surface area contributed by atoms with E-state index in [1.165, 1.54) is 39.4 Å². The third-order valence-corrected chi connectivity index (χ3v) is 8.96. The Morgan fingerprint density at radius 1 is 0.971 bits per heavy atom. The molecule has 3 heteroatoms. The third kappa shape index (κ3) is 3.50. The second kappa shape index (κ2) is 8.27. The number of benzene rings is 2. The van der Waals surface area contributed by atoms with E-state index in [0.717, 1.165) is 24.3 Å². The number of nitrogens with zero attached hydrogens (tertiary/aromatic N) is 2. The summed E-state index contributed by atoms with van der Waals surface area (Å²) in [4.78, 5) is 2.45. The lowest BCUT2D eigenvalue weighted by atomic mass is 9.79. The molecule has 2 aromatic carbocycles. The normalized spacial score (nSPS) is 24.0. The molecule has 2 aromatic rings. The Morgan fingerprint density at radius 3 is 2.35 bits per heavy atom. The second-order valence-corrected chi connectivity index (χ2v) is 11.5. The molecule has 0 fully saturated rings. The fraction of sp³-hybridized carbons (Fsp3) is 0.387. The van der Waals surface area contributed by atoms with Gasteiger partial charge in [-0.3, -0.25) is 0 Å². The third-order valence-electron chi connectivity index (χ3n) is 8.48. The lowest BCUT2D eigenvalue weighted by molar-refractivity contribution is -0.401. The summed E-state index contributed by atoms with van der Waals surface area (Å²) in [6.07, 6.45) is 9.97. The topological polar surface area (TPSA) is 6.25 Å². The first kappa shape index (κ1) is 23.2. The Kier molecular flexibility index (Phi) is 5.64. The van der Waals surface area contributed by atoms with Crippen LogP contribution in [0.2, 0.25) is 0 Å². The molecule has 0 aromatic heterocycles. The van der Waals surface area contributed by atoms with Gasteiger partial charge in [0.25, 0.3) is 0 Å². The van der Waals surface area contributed by atoms with Crippen LogP contribution in [-0.2, 0) is 10.8 Å². The summed E-state index contributed by atoms with van der Waals surface area (Å²) >= 11 is 6.93. The highest BCUT2D eigenvalue weighted by Crippen LogP contribution is 2.46. The highest BCUT2D eigenvalue weighted by atomic mass is 35.5. The smallest absolute Gasteiger partial charge is 0.209 e. The van der Waals surface area contributed by atoms with Crippen molar-refractivity contribution in [3.63, 3.8) is 0 Å². The van der Waals surface area contributed by atoms with Crippen molar-refractivity contribution >= 4 is 28.7 Å². The van der Waals surface area contributed by atoms with Crippen molar-refractivity contribution in [2.75, 3.05) is 19.0 Å². The minimum Gasteiger partial charge on any atom is -0.370 e. The summed E-state index contributed by atoms with van der Waals surface area (Å²) in [6, 6.07) is 18.0. The van der Waals surface area contributed by atoms with E-state index in [2.05, 4.69) is 118 Å². The molecule has 1 unspecified atom stereocenters. The maximum atomic E-state index is 6.93. The molecule has 34 heavy (non-hydrogen) atoms. The fourth-order valence-corrected chi connectivity index (χ4v) is 6.72. The molecule has 5 rings (SSSR count). The van der Waals surface area contributed by atoms with Crippen molar-refractivity contribution in [3.05, 3.63) is 94.1 Å². The largest absolute Gasteiger partial charge is 0.370 e. The number of hydrogen-bond donors (Lipinski definition) is 0. The van der Waals surface area contributed by atoms with Crippen molar-refractivity contribution in [1.82, 2.24) is 0 Å². The van der Waals surface area contributed by atoms with Crippen LogP contribution in [0.25, 0.3) is 0 Å². The van der Waals surface area contributed by atoms with Crippen molar-refractivity contribution in [3.8, 4) is 0 Å². The van der Waals surface area contributed by atoms with Crippen molar-refractivity contribution in [2.45, 2.75) is 63.8 Å². The summed E-state index contributed by atoms with van der Waals surface area (Å²) in [5.41, 5.74) is 9.45. The molecule has 3 aliphatic rings. The van der Waals surface area contributed by atoms with E-state index in [-0.39, 0.29) is 10.8 Å². The van der Waals surface area contributed by atoms with Crippen LogP contribution in [0.5, 0.6) is 0 Å². The molecule has 2 aliphatic heterocycles. The van der Waals surface area contributed by atoms with Crippen LogP contribution in [0.4, 0.5) is 11.4 Å². The first-order valence-electron chi connectivity index (χ1n) is 12.4. The molecule has 0 N–H and O–H groups in total. The lowest BCUT2D eigenvalue weighted by Gasteiger charge is -2.31. The van der Waals surface area contributed by atoms with Crippen LogP contribution in [0, 0.1) is 0 Å². The van der Waals surface area contributed by atoms with Crippen molar-refractivity contribution in [1.29, 1.82) is 0 Å². The number of halogens is 1. The van der Waals surface area contributed by atoms with E-state index in [0.29, 0.717) is 6.04 Å². The van der Waals surface area contributed by atoms with Crippen LogP contribution in [-0.4, -0.2) is 30.4 Å². The summed E-state index contributed by atoms with van der Waals surface area (Å²) in [5.74, 6) is 0. The Labute approximate surface area is 210 Å². The SMILES string of the molecule is CN1c2ccccc2C(C)(C)C1CC=C1CCC(C=CC2=[N+](C)c3ccccc3C2(C)C)=C1Cl. The molecule has 0 radical (unpaired) electrons. The first-order valence-corrected chi connectivity index (χ1v) is 12.8. The average molecular weight is 472 g/mol. The molecule has 0 saturated carbocycles. The highest BCUT2D eigenvalue weighted by Gasteiger charge is 2.43. The van der Waals surface area contributed by atoms with E-state index in [4.69, 9.17) is 11.6 Å². The highest BCUT2D eigenvalue weighted by molar-refractivity contribution is 6.33. The van der Waals surface area contributed by atoms with E-state index < -0.39 is 0 Å². The van der Waals surface area contributed by atoms with Crippen molar-refractivity contribution in [2.24, 2.45) is 0 Å². The van der Waals surface area contributed by atoms with E-state index in [1.807, 2.05) is 0 Å². The molecule has 2 heterocycles. The van der Waals surface area contributed by atoms with E-state index in [1.54, 1.807) is 0 Å². The molecule has 0 amide bonds. The zero-order valence-corrected chi connectivity index (χ0v) is 22.1. The summed E-state index contributed by atoms with van der Waals surface area (Å²) in [5, 5.41) is 0.948. The Bertz CT molecular complexity index is 1270. The summed E-state index contributed by atoms with van der Waals surface area (Å²) in [6.45, 7) is 9.35. The molecule has 2 nitrogen and oxygen atoms in total. The molecular weight excluding hydrogens is 436 g/mol. The van der Waals surface area contributed by atoms with Crippen LogP contribution in [0.3, 0.4) is 0 Å². The molecule has 0 spiro atoms. The number of allylic oxidation sites excluding steroid dienone is 5. The maximum absolute atomic E-state index is 6.93. The van der Waals surface area contributed by atoms with Gasteiger partial charge in [-0.15, -0.1) is 0 Å². The van der Waals surface area contributed by atoms with Crippen molar-refractivity contribution < 1.29 is 4.58 Å². The number of likely N-dealkylation sites (N-methyl/N-ethyl adjacent to an activating group) is 1. The van der Waals surface area contributed by atoms with Gasteiger partial charge >= 0.3 is 0 Å². The molecule has 1 aliphatic carbocycles. The summed E-state index contributed by atoms with van der Waals surface area (Å²) in [7, 11) is 4.40. The second-order valence-electron chi connectivity index (χ2n) is 11.1. The molecule has 0 bridgehead atoms. The van der Waals surface area contributed by atoms with Crippen LogP contribution >= 0.6 is 11.6 Å². The Morgan fingerprint density at radius 2 is 1.65 bits per heavy atom. The van der Waals surface area contributed by atoms with Gasteiger partial charge in [0.05, 0.1) is 5.41 Å². The van der Waals surface area contributed by atoms with Gasteiger partial charge in [0, 0.05) is 46.9 Å².